The quantitative estimate of drug-likeness (QED) is 0.340. The first-order chi connectivity index (χ1) is 19.0. The Morgan fingerprint density at radius 3 is 1.98 bits per heavy atom. The average molecular weight is 560 g/mol. The zero-order valence-corrected chi connectivity index (χ0v) is 22.1. The van der Waals surface area contributed by atoms with Crippen LogP contribution in [0.2, 0.25) is 0 Å². The molecule has 0 saturated heterocycles. The average Bonchev–Trinajstić information content (AvgIpc) is 3.15. The largest absolute Gasteiger partial charge is 0.290 e. The highest BCUT2D eigenvalue weighted by atomic mass is 32.2. The van der Waals surface area contributed by atoms with Crippen molar-refractivity contribution in [2.45, 2.75) is 18.7 Å². The molecule has 202 valence electrons. The van der Waals surface area contributed by atoms with Crippen LogP contribution in [0.15, 0.2) is 83.8 Å². The van der Waals surface area contributed by atoms with E-state index in [1.807, 2.05) is 0 Å². The van der Waals surface area contributed by atoms with E-state index >= 15 is 0 Å². The van der Waals surface area contributed by atoms with Gasteiger partial charge in [-0.1, -0.05) is 12.1 Å². The zero-order chi connectivity index (χ0) is 28.6. The molecule has 3 aromatic carbocycles. The van der Waals surface area contributed by atoms with E-state index in [4.69, 9.17) is 0 Å². The molecule has 0 spiro atoms. The predicted octanol–water partition coefficient (Wildman–Crippen LogP) is 3.93. The Morgan fingerprint density at radius 2 is 1.43 bits per heavy atom. The molecule has 0 unspecified atom stereocenters. The van der Waals surface area contributed by atoms with E-state index in [2.05, 4.69) is 14.7 Å². The standard InChI is InChI=1S/C28H22FN5O5S/c1-17-15-18(2)31-28(30-17)32-40(38,39)22-13-11-21(12-14-22)33(25(35)19-7-9-20(29)10-8-19)16-34-26(36)23-5-3-4-6-24(23)27(34)37/h3-15H,16H2,1-2H3,(H,30,31,32). The predicted molar refractivity (Wildman–Crippen MR) is 144 cm³/mol. The molecular weight excluding hydrogens is 537 g/mol. The van der Waals surface area contributed by atoms with Crippen LogP contribution in [0.1, 0.15) is 42.5 Å². The molecule has 2 heterocycles. The van der Waals surface area contributed by atoms with Gasteiger partial charge in [-0.3, -0.25) is 24.2 Å². The molecule has 1 aromatic heterocycles. The minimum Gasteiger partial charge on any atom is -0.290 e. The molecule has 0 radical (unpaired) electrons. The maximum atomic E-state index is 13.5. The summed E-state index contributed by atoms with van der Waals surface area (Å²) in [6.45, 7) is 2.97. The number of hydrogen-bond acceptors (Lipinski definition) is 7. The van der Waals surface area contributed by atoms with E-state index < -0.39 is 40.2 Å². The number of imide groups is 1. The first kappa shape index (κ1) is 26.6. The number of sulfonamides is 1. The second-order valence-corrected chi connectivity index (χ2v) is 10.7. The number of carbonyl (C=O) groups is 3. The van der Waals surface area contributed by atoms with E-state index in [9.17, 15) is 27.2 Å². The fourth-order valence-electron chi connectivity index (χ4n) is 4.28. The summed E-state index contributed by atoms with van der Waals surface area (Å²) in [6, 6.07) is 18.1. The van der Waals surface area contributed by atoms with Crippen LogP contribution in [0, 0.1) is 19.7 Å². The highest BCUT2D eigenvalue weighted by Gasteiger charge is 2.37. The zero-order valence-electron chi connectivity index (χ0n) is 21.3. The van der Waals surface area contributed by atoms with Crippen LogP contribution in [0.3, 0.4) is 0 Å². The number of aryl methyl sites for hydroxylation is 2. The van der Waals surface area contributed by atoms with Crippen molar-refractivity contribution in [1.29, 1.82) is 0 Å². The maximum absolute atomic E-state index is 13.5. The fraction of sp³-hybridized carbons (Fsp3) is 0.107. The van der Waals surface area contributed by atoms with E-state index in [0.29, 0.717) is 11.4 Å². The van der Waals surface area contributed by atoms with Gasteiger partial charge in [0, 0.05) is 22.6 Å². The second-order valence-electron chi connectivity index (χ2n) is 9.04. The molecule has 10 nitrogen and oxygen atoms in total. The summed E-state index contributed by atoms with van der Waals surface area (Å²) < 4.78 is 41.8. The van der Waals surface area contributed by atoms with Crippen LogP contribution in [-0.2, 0) is 10.0 Å². The SMILES string of the molecule is Cc1cc(C)nc(NS(=O)(=O)c2ccc(N(CN3C(=O)c4ccccc4C3=O)C(=O)c3ccc(F)cc3)cc2)n1. The summed E-state index contributed by atoms with van der Waals surface area (Å²) >= 11 is 0. The molecule has 1 aliphatic heterocycles. The third-order valence-corrected chi connectivity index (χ3v) is 7.51. The topological polar surface area (TPSA) is 130 Å². The van der Waals surface area contributed by atoms with Crippen molar-refractivity contribution in [3.05, 3.63) is 113 Å². The lowest BCUT2D eigenvalue weighted by molar-refractivity contribution is 0.0650. The van der Waals surface area contributed by atoms with Gasteiger partial charge in [-0.25, -0.2) is 27.5 Å². The number of amides is 3. The van der Waals surface area contributed by atoms with Crippen molar-refractivity contribution in [1.82, 2.24) is 14.9 Å². The Morgan fingerprint density at radius 1 is 0.875 bits per heavy atom. The number of nitrogens with one attached hydrogen (secondary N) is 1. The highest BCUT2D eigenvalue weighted by molar-refractivity contribution is 7.92. The number of halogens is 1. The molecule has 40 heavy (non-hydrogen) atoms. The van der Waals surface area contributed by atoms with Gasteiger partial charge in [0.15, 0.2) is 0 Å². The van der Waals surface area contributed by atoms with Crippen LogP contribution in [0.25, 0.3) is 0 Å². The molecule has 0 atom stereocenters. The van der Waals surface area contributed by atoms with Crippen LogP contribution in [-0.4, -0.2) is 47.7 Å². The number of anilines is 2. The van der Waals surface area contributed by atoms with Crippen molar-refractivity contribution < 1.29 is 27.2 Å². The Bertz CT molecular complexity index is 1700. The Labute approximate surface area is 229 Å². The lowest BCUT2D eigenvalue weighted by Gasteiger charge is -2.27. The Kier molecular flexibility index (Phi) is 6.86. The molecule has 3 amide bonds. The first-order valence-corrected chi connectivity index (χ1v) is 13.5. The van der Waals surface area contributed by atoms with Gasteiger partial charge in [0.05, 0.1) is 16.0 Å². The Balaban J connectivity index is 1.47. The molecule has 1 N–H and O–H groups in total. The summed E-state index contributed by atoms with van der Waals surface area (Å²) in [6.07, 6.45) is 0. The van der Waals surface area contributed by atoms with Crippen molar-refractivity contribution in [3.63, 3.8) is 0 Å². The molecule has 4 aromatic rings. The third kappa shape index (κ3) is 5.16. The molecule has 0 fully saturated rings. The molecule has 0 bridgehead atoms. The van der Waals surface area contributed by atoms with E-state index in [-0.39, 0.29) is 33.2 Å². The number of fused-ring (bicyclic) bond motifs is 1. The van der Waals surface area contributed by atoms with Crippen LogP contribution in [0.5, 0.6) is 0 Å². The molecule has 0 aliphatic carbocycles. The van der Waals surface area contributed by atoms with Gasteiger partial charge >= 0.3 is 0 Å². The second kappa shape index (κ2) is 10.3. The summed E-state index contributed by atoms with van der Waals surface area (Å²) in [5.74, 6) is -2.41. The minimum absolute atomic E-state index is 0.0830. The van der Waals surface area contributed by atoms with Gasteiger partial charge in [-0.05, 0) is 80.6 Å². The maximum Gasteiger partial charge on any atom is 0.264 e. The monoisotopic (exact) mass is 559 g/mol. The number of benzene rings is 3. The summed E-state index contributed by atoms with van der Waals surface area (Å²) in [4.78, 5) is 49.7. The first-order valence-electron chi connectivity index (χ1n) is 12.0. The number of carbonyl (C=O) groups excluding carboxylic acids is 3. The van der Waals surface area contributed by atoms with Crippen LogP contribution >= 0.6 is 0 Å². The number of nitrogens with zero attached hydrogens (tertiary/aromatic N) is 4. The van der Waals surface area contributed by atoms with E-state index in [0.717, 1.165) is 21.9 Å². The molecule has 1 aliphatic rings. The van der Waals surface area contributed by atoms with Crippen molar-refractivity contribution in [3.8, 4) is 0 Å². The number of rotatable bonds is 7. The summed E-state index contributed by atoms with van der Waals surface area (Å²) in [5.41, 5.74) is 1.90. The van der Waals surface area contributed by atoms with Gasteiger partial charge in [0.1, 0.15) is 12.5 Å². The van der Waals surface area contributed by atoms with Crippen molar-refractivity contribution in [2.75, 3.05) is 16.3 Å². The summed E-state index contributed by atoms with van der Waals surface area (Å²) in [5, 5.41) is 0. The molecular formula is C28H22FN5O5S. The minimum atomic E-state index is -4.08. The smallest absolute Gasteiger partial charge is 0.264 e. The van der Waals surface area contributed by atoms with Gasteiger partial charge < -0.3 is 0 Å². The van der Waals surface area contributed by atoms with Crippen molar-refractivity contribution >= 4 is 39.4 Å². The number of aromatic nitrogens is 2. The fourth-order valence-corrected chi connectivity index (χ4v) is 5.22. The summed E-state index contributed by atoms with van der Waals surface area (Å²) in [7, 11) is -4.08. The van der Waals surface area contributed by atoms with Crippen molar-refractivity contribution in [2.24, 2.45) is 0 Å². The van der Waals surface area contributed by atoms with Gasteiger partial charge in [-0.15, -0.1) is 0 Å². The van der Waals surface area contributed by atoms with Crippen LogP contribution < -0.4 is 9.62 Å². The van der Waals surface area contributed by atoms with Crippen LogP contribution in [0.4, 0.5) is 16.0 Å². The number of hydrogen-bond donors (Lipinski definition) is 1. The normalized spacial score (nSPS) is 12.8. The Hall–Kier alpha value is -4.97. The molecule has 12 heteroatoms. The lowest BCUT2D eigenvalue weighted by atomic mass is 10.1. The molecule has 5 rings (SSSR count). The van der Waals surface area contributed by atoms with Gasteiger partial charge in [-0.2, -0.15) is 0 Å². The lowest BCUT2D eigenvalue weighted by Crippen LogP contribution is -2.44. The van der Waals surface area contributed by atoms with Gasteiger partial charge in [0.25, 0.3) is 27.7 Å². The van der Waals surface area contributed by atoms with E-state index in [1.54, 1.807) is 32.0 Å². The van der Waals surface area contributed by atoms with Gasteiger partial charge in [0.2, 0.25) is 5.95 Å². The van der Waals surface area contributed by atoms with E-state index in [1.165, 1.54) is 48.5 Å². The molecule has 0 saturated carbocycles. The highest BCUT2D eigenvalue weighted by Crippen LogP contribution is 2.27. The third-order valence-electron chi connectivity index (χ3n) is 6.16.